The summed E-state index contributed by atoms with van der Waals surface area (Å²) in [7, 11) is 1.93. The van der Waals surface area contributed by atoms with Crippen LogP contribution in [0.5, 0.6) is 0 Å². The highest BCUT2D eigenvalue weighted by atomic mass is 35.5. The standard InChI is InChI=1S/C11H13ClFNO.C10H11ClFNO/c1-14-3-2-11(15,7-14)8-4-9(12)6-10(13)5-8;11-8-3-7(4-9(12)5-8)10(14)1-2-13-6-10/h4-6,15H,2-3,7H2,1H3;3-5,13-14H,1-2,6H2. The molecule has 8 heteroatoms. The van der Waals surface area contributed by atoms with Gasteiger partial charge in [0.25, 0.3) is 0 Å². The van der Waals surface area contributed by atoms with E-state index in [1.165, 1.54) is 24.3 Å². The van der Waals surface area contributed by atoms with Gasteiger partial charge in [0.1, 0.15) is 22.8 Å². The number of hydrogen-bond donors (Lipinski definition) is 3. The van der Waals surface area contributed by atoms with Gasteiger partial charge in [-0.2, -0.15) is 0 Å². The summed E-state index contributed by atoms with van der Waals surface area (Å²) in [5.41, 5.74) is -0.809. The van der Waals surface area contributed by atoms with Gasteiger partial charge in [-0.25, -0.2) is 8.78 Å². The van der Waals surface area contributed by atoms with Gasteiger partial charge < -0.3 is 20.4 Å². The van der Waals surface area contributed by atoms with Crippen LogP contribution in [0.3, 0.4) is 0 Å². The van der Waals surface area contributed by atoms with Crippen LogP contribution in [0.15, 0.2) is 36.4 Å². The number of likely N-dealkylation sites (tertiary alicyclic amines) is 1. The smallest absolute Gasteiger partial charge is 0.125 e. The molecule has 0 saturated carbocycles. The van der Waals surface area contributed by atoms with E-state index in [9.17, 15) is 19.0 Å². The predicted octanol–water partition coefficient (Wildman–Crippen LogP) is 3.66. The monoisotopic (exact) mass is 444 g/mol. The van der Waals surface area contributed by atoms with Crippen LogP contribution in [0, 0.1) is 11.6 Å². The summed E-state index contributed by atoms with van der Waals surface area (Å²) in [4.78, 5) is 2.01. The molecule has 0 aromatic heterocycles. The molecule has 0 aliphatic carbocycles. The molecule has 2 aliphatic rings. The molecule has 0 spiro atoms. The zero-order valence-corrected chi connectivity index (χ0v) is 17.6. The maximum Gasteiger partial charge on any atom is 0.125 e. The van der Waals surface area contributed by atoms with Gasteiger partial charge in [-0.15, -0.1) is 0 Å². The zero-order chi connectivity index (χ0) is 21.2. The molecule has 0 radical (unpaired) electrons. The molecular formula is C21H24Cl2F2N2O2. The number of benzene rings is 2. The number of aliphatic hydroxyl groups is 2. The van der Waals surface area contributed by atoms with Crippen LogP contribution in [0.4, 0.5) is 8.78 Å². The number of β-amino-alcohol motifs (C(OH)–C–C–N with tert-alkyl or cyclic N) is 2. The van der Waals surface area contributed by atoms with E-state index in [1.807, 2.05) is 11.9 Å². The highest BCUT2D eigenvalue weighted by Gasteiger charge is 2.36. The van der Waals surface area contributed by atoms with Crippen molar-refractivity contribution in [3.8, 4) is 0 Å². The molecule has 2 fully saturated rings. The van der Waals surface area contributed by atoms with Crippen molar-refractivity contribution in [1.29, 1.82) is 0 Å². The Balaban J connectivity index is 0.000000166. The van der Waals surface area contributed by atoms with E-state index in [1.54, 1.807) is 12.1 Å². The van der Waals surface area contributed by atoms with E-state index in [2.05, 4.69) is 5.32 Å². The van der Waals surface area contributed by atoms with Crippen molar-refractivity contribution in [3.63, 3.8) is 0 Å². The number of nitrogens with zero attached hydrogens (tertiary/aromatic N) is 1. The van der Waals surface area contributed by atoms with E-state index in [-0.39, 0.29) is 0 Å². The SMILES string of the molecule is CN1CCC(O)(c2cc(F)cc(Cl)c2)C1.OC1(c2cc(F)cc(Cl)c2)CCNC1. The van der Waals surface area contributed by atoms with Crippen molar-refractivity contribution < 1.29 is 19.0 Å². The van der Waals surface area contributed by atoms with Gasteiger partial charge in [-0.1, -0.05) is 23.2 Å². The molecule has 29 heavy (non-hydrogen) atoms. The average Bonchev–Trinajstić information content (AvgIpc) is 3.21. The van der Waals surface area contributed by atoms with Gasteiger partial charge in [0.2, 0.25) is 0 Å². The molecule has 2 atom stereocenters. The second kappa shape index (κ2) is 8.84. The Morgan fingerprint density at radius 3 is 1.86 bits per heavy atom. The number of likely N-dealkylation sites (N-methyl/N-ethyl adjacent to an activating group) is 1. The second-order valence-corrected chi connectivity index (χ2v) is 8.67. The Hall–Kier alpha value is -1.28. The molecular weight excluding hydrogens is 421 g/mol. The minimum Gasteiger partial charge on any atom is -0.384 e. The Morgan fingerprint density at radius 2 is 1.45 bits per heavy atom. The molecule has 2 aliphatic heterocycles. The maximum atomic E-state index is 13.1. The quantitative estimate of drug-likeness (QED) is 0.661. The van der Waals surface area contributed by atoms with Crippen molar-refractivity contribution in [2.24, 2.45) is 0 Å². The zero-order valence-electron chi connectivity index (χ0n) is 16.1. The highest BCUT2D eigenvalue weighted by Crippen LogP contribution is 2.33. The molecule has 2 aromatic rings. The molecule has 3 N–H and O–H groups in total. The molecule has 2 heterocycles. The van der Waals surface area contributed by atoms with Crippen molar-refractivity contribution >= 4 is 23.2 Å². The molecule has 4 nitrogen and oxygen atoms in total. The molecule has 0 bridgehead atoms. The summed E-state index contributed by atoms with van der Waals surface area (Å²) in [6.45, 7) is 2.52. The fourth-order valence-corrected chi connectivity index (χ4v) is 4.23. The molecule has 2 saturated heterocycles. The number of rotatable bonds is 2. The topological polar surface area (TPSA) is 55.7 Å². The normalized spacial score (nSPS) is 27.0. The lowest BCUT2D eigenvalue weighted by Gasteiger charge is -2.23. The Labute approximate surface area is 179 Å². The lowest BCUT2D eigenvalue weighted by molar-refractivity contribution is 0.0486. The van der Waals surface area contributed by atoms with Crippen molar-refractivity contribution in [1.82, 2.24) is 10.2 Å². The van der Waals surface area contributed by atoms with E-state index in [4.69, 9.17) is 23.2 Å². The number of hydrogen-bond acceptors (Lipinski definition) is 4. The molecule has 158 valence electrons. The molecule has 2 unspecified atom stereocenters. The minimum atomic E-state index is -0.967. The van der Waals surface area contributed by atoms with Crippen LogP contribution >= 0.6 is 23.2 Å². The minimum absolute atomic E-state index is 0.320. The first-order valence-corrected chi connectivity index (χ1v) is 10.1. The van der Waals surface area contributed by atoms with E-state index in [0.29, 0.717) is 47.1 Å². The molecule has 2 aromatic carbocycles. The largest absolute Gasteiger partial charge is 0.384 e. The van der Waals surface area contributed by atoms with Crippen LogP contribution in [0.2, 0.25) is 10.0 Å². The van der Waals surface area contributed by atoms with Gasteiger partial charge in [0.15, 0.2) is 0 Å². The van der Waals surface area contributed by atoms with Gasteiger partial charge in [-0.05, 0) is 74.0 Å². The molecule has 4 rings (SSSR count). The summed E-state index contributed by atoms with van der Waals surface area (Å²) >= 11 is 11.5. The van der Waals surface area contributed by atoms with Crippen LogP contribution in [-0.4, -0.2) is 48.3 Å². The third-order valence-electron chi connectivity index (χ3n) is 5.37. The van der Waals surface area contributed by atoms with Crippen molar-refractivity contribution in [2.75, 3.05) is 33.2 Å². The summed E-state index contributed by atoms with van der Waals surface area (Å²) in [6, 6.07) is 8.40. The van der Waals surface area contributed by atoms with Gasteiger partial charge in [-0.3, -0.25) is 0 Å². The van der Waals surface area contributed by atoms with E-state index >= 15 is 0 Å². The fourth-order valence-electron chi connectivity index (χ4n) is 3.79. The van der Waals surface area contributed by atoms with Crippen molar-refractivity contribution in [2.45, 2.75) is 24.0 Å². The van der Waals surface area contributed by atoms with Crippen LogP contribution in [-0.2, 0) is 11.2 Å². The number of halogens is 4. The van der Waals surface area contributed by atoms with Crippen molar-refractivity contribution in [3.05, 3.63) is 69.2 Å². The first-order valence-electron chi connectivity index (χ1n) is 9.37. The highest BCUT2D eigenvalue weighted by molar-refractivity contribution is 6.30. The Kier molecular flexibility index (Phi) is 6.83. The summed E-state index contributed by atoms with van der Waals surface area (Å²) in [5, 5.41) is 24.1. The Morgan fingerprint density at radius 1 is 0.897 bits per heavy atom. The van der Waals surface area contributed by atoms with Gasteiger partial charge in [0.05, 0.1) is 0 Å². The maximum absolute atomic E-state index is 13.1. The first kappa shape index (κ1) is 22.4. The van der Waals surface area contributed by atoms with Crippen LogP contribution < -0.4 is 5.32 Å². The lowest BCUT2D eigenvalue weighted by Crippen LogP contribution is -2.29. The average molecular weight is 445 g/mol. The predicted molar refractivity (Wildman–Crippen MR) is 110 cm³/mol. The first-order chi connectivity index (χ1) is 13.6. The summed E-state index contributed by atoms with van der Waals surface area (Å²) < 4.78 is 26.2. The molecule has 0 amide bonds. The van der Waals surface area contributed by atoms with Crippen LogP contribution in [0.1, 0.15) is 24.0 Å². The lowest BCUT2D eigenvalue weighted by atomic mass is 9.93. The summed E-state index contributed by atoms with van der Waals surface area (Å²) in [5.74, 6) is -0.812. The Bertz CT molecular complexity index is 837. The van der Waals surface area contributed by atoms with E-state index in [0.717, 1.165) is 13.1 Å². The third kappa shape index (κ3) is 5.45. The fraction of sp³-hybridized carbons (Fsp3) is 0.429. The van der Waals surface area contributed by atoms with E-state index < -0.39 is 22.8 Å². The van der Waals surface area contributed by atoms with Gasteiger partial charge in [0, 0.05) is 29.7 Å². The number of nitrogens with one attached hydrogen (secondary N) is 1. The summed E-state index contributed by atoms with van der Waals surface area (Å²) in [6.07, 6.45) is 1.20. The van der Waals surface area contributed by atoms with Crippen LogP contribution in [0.25, 0.3) is 0 Å². The third-order valence-corrected chi connectivity index (χ3v) is 5.81. The second-order valence-electron chi connectivity index (χ2n) is 7.79. The van der Waals surface area contributed by atoms with Gasteiger partial charge >= 0.3 is 0 Å².